The van der Waals surface area contributed by atoms with Crippen LogP contribution in [-0.2, 0) is 4.79 Å². The number of nitrogens with one attached hydrogen (secondary N) is 2. The molecule has 0 aliphatic carbocycles. The van der Waals surface area contributed by atoms with Crippen LogP contribution in [0.3, 0.4) is 0 Å². The van der Waals surface area contributed by atoms with E-state index in [9.17, 15) is 18.0 Å². The molecule has 1 aromatic heterocycles. The summed E-state index contributed by atoms with van der Waals surface area (Å²) < 4.78 is 36.8. The fraction of sp³-hybridized carbons (Fsp3) is 0.643. The van der Waals surface area contributed by atoms with Gasteiger partial charge in [0.05, 0.1) is 0 Å². The molecule has 0 atom stereocenters. The molecule has 0 radical (unpaired) electrons. The summed E-state index contributed by atoms with van der Waals surface area (Å²) >= 11 is 0. The van der Waals surface area contributed by atoms with Gasteiger partial charge in [-0.05, 0) is 25.9 Å². The second-order valence-corrected chi connectivity index (χ2v) is 5.57. The third kappa shape index (κ3) is 6.57. The molecule has 1 aliphatic heterocycles. The average molecular weight is 351 g/mol. The van der Waals surface area contributed by atoms with Gasteiger partial charge >= 0.3 is 12.1 Å². The number of nitrogens with zero attached hydrogens (tertiary/aromatic N) is 1. The molecule has 0 saturated carbocycles. The number of alkyl halides is 3. The molecule has 0 unspecified atom stereocenters. The normalized spacial score (nSPS) is 15.6. The summed E-state index contributed by atoms with van der Waals surface area (Å²) in [4.78, 5) is 20.8. The lowest BCUT2D eigenvalue weighted by Gasteiger charge is -2.23. The maximum absolute atomic E-state index is 11.9. The van der Waals surface area contributed by atoms with E-state index in [0.29, 0.717) is 5.69 Å². The smallest absolute Gasteiger partial charge is 0.475 e. The largest absolute Gasteiger partial charge is 0.490 e. The summed E-state index contributed by atoms with van der Waals surface area (Å²) in [7, 11) is 0. The molecule has 7 nitrogen and oxygen atoms in total. The Balaban J connectivity index is 0.000000351. The van der Waals surface area contributed by atoms with Crippen LogP contribution in [0.2, 0.25) is 0 Å². The fourth-order valence-electron chi connectivity index (χ4n) is 1.89. The molecule has 2 rings (SSSR count). The van der Waals surface area contributed by atoms with Crippen molar-refractivity contribution in [3.63, 3.8) is 0 Å². The average Bonchev–Trinajstić information content (AvgIpc) is 2.98. The topological polar surface area (TPSA) is 104 Å². The van der Waals surface area contributed by atoms with Crippen LogP contribution < -0.4 is 10.6 Å². The Hall–Kier alpha value is -2.10. The summed E-state index contributed by atoms with van der Waals surface area (Å²) in [6.45, 7) is 5.94. The van der Waals surface area contributed by atoms with Crippen LogP contribution in [0, 0.1) is 0 Å². The van der Waals surface area contributed by atoms with Crippen molar-refractivity contribution in [1.29, 1.82) is 0 Å². The highest BCUT2D eigenvalue weighted by atomic mass is 19.4. The van der Waals surface area contributed by atoms with Crippen molar-refractivity contribution >= 4 is 11.9 Å². The summed E-state index contributed by atoms with van der Waals surface area (Å²) in [5, 5.41) is 17.2. The van der Waals surface area contributed by atoms with Crippen molar-refractivity contribution in [3.8, 4) is 0 Å². The Morgan fingerprint density at radius 2 is 1.92 bits per heavy atom. The Morgan fingerprint density at radius 1 is 1.38 bits per heavy atom. The number of hydrogen-bond donors (Lipinski definition) is 3. The molecular formula is C14H20F3N3O4. The minimum atomic E-state index is -5.08. The Bertz CT molecular complexity index is 552. The van der Waals surface area contributed by atoms with Crippen molar-refractivity contribution in [2.75, 3.05) is 13.1 Å². The second kappa shape index (κ2) is 8.67. The lowest BCUT2D eigenvalue weighted by molar-refractivity contribution is -0.192. The minimum Gasteiger partial charge on any atom is -0.475 e. The standard InChI is InChI=1S/C12H19N3O2.C2HF3O2/c1-8(2)11-7-10(15-17-11)12(16)14-9-3-5-13-6-4-9;3-2(4,5)1(6)7/h7-9,13H,3-6H2,1-2H3,(H,14,16);(H,6,7). The maximum atomic E-state index is 11.9. The zero-order valence-electron chi connectivity index (χ0n) is 13.3. The Kier molecular flexibility index (Phi) is 7.20. The van der Waals surface area contributed by atoms with Gasteiger partial charge < -0.3 is 20.3 Å². The molecule has 0 bridgehead atoms. The number of piperidine rings is 1. The zero-order chi connectivity index (χ0) is 18.3. The molecular weight excluding hydrogens is 331 g/mol. The molecule has 1 saturated heterocycles. The van der Waals surface area contributed by atoms with Gasteiger partial charge in [0.2, 0.25) is 0 Å². The van der Waals surface area contributed by atoms with E-state index < -0.39 is 12.1 Å². The monoisotopic (exact) mass is 351 g/mol. The second-order valence-electron chi connectivity index (χ2n) is 5.57. The van der Waals surface area contributed by atoms with E-state index in [1.54, 1.807) is 6.07 Å². The molecule has 1 aromatic rings. The highest BCUT2D eigenvalue weighted by Gasteiger charge is 2.38. The fourth-order valence-corrected chi connectivity index (χ4v) is 1.89. The number of halogens is 3. The first kappa shape index (κ1) is 19.9. The van der Waals surface area contributed by atoms with E-state index in [0.717, 1.165) is 31.7 Å². The molecule has 1 fully saturated rings. The van der Waals surface area contributed by atoms with Crippen molar-refractivity contribution in [2.45, 2.75) is 44.8 Å². The van der Waals surface area contributed by atoms with E-state index in [1.165, 1.54) is 0 Å². The van der Waals surface area contributed by atoms with Gasteiger partial charge in [-0.2, -0.15) is 13.2 Å². The molecule has 24 heavy (non-hydrogen) atoms. The highest BCUT2D eigenvalue weighted by Crippen LogP contribution is 2.15. The zero-order valence-corrected chi connectivity index (χ0v) is 13.3. The summed E-state index contributed by atoms with van der Waals surface area (Å²) in [6.07, 6.45) is -3.14. The van der Waals surface area contributed by atoms with Crippen molar-refractivity contribution in [1.82, 2.24) is 15.8 Å². The number of carbonyl (C=O) groups is 2. The van der Waals surface area contributed by atoms with E-state index >= 15 is 0 Å². The van der Waals surface area contributed by atoms with Crippen LogP contribution in [0.4, 0.5) is 13.2 Å². The van der Waals surface area contributed by atoms with Gasteiger partial charge in [-0.15, -0.1) is 0 Å². The van der Waals surface area contributed by atoms with Crippen molar-refractivity contribution in [2.24, 2.45) is 0 Å². The van der Waals surface area contributed by atoms with Crippen molar-refractivity contribution in [3.05, 3.63) is 17.5 Å². The van der Waals surface area contributed by atoms with Gasteiger partial charge in [0, 0.05) is 18.0 Å². The van der Waals surface area contributed by atoms with E-state index in [-0.39, 0.29) is 17.9 Å². The van der Waals surface area contributed by atoms with Crippen LogP contribution in [0.25, 0.3) is 0 Å². The number of carboxylic acids is 1. The summed E-state index contributed by atoms with van der Waals surface area (Å²) in [6, 6.07) is 1.98. The molecule has 0 spiro atoms. The predicted molar refractivity (Wildman–Crippen MR) is 77.6 cm³/mol. The van der Waals surface area contributed by atoms with E-state index in [1.807, 2.05) is 13.8 Å². The number of carbonyl (C=O) groups excluding carboxylic acids is 1. The van der Waals surface area contributed by atoms with Crippen LogP contribution in [0.5, 0.6) is 0 Å². The van der Waals surface area contributed by atoms with Crippen molar-refractivity contribution < 1.29 is 32.4 Å². The number of aliphatic carboxylic acids is 1. The third-order valence-electron chi connectivity index (χ3n) is 3.25. The van der Waals surface area contributed by atoms with Gasteiger partial charge in [-0.1, -0.05) is 19.0 Å². The predicted octanol–water partition coefficient (Wildman–Crippen LogP) is 1.91. The SMILES string of the molecule is CC(C)c1cc(C(=O)NC2CCNCC2)no1.O=C(O)C(F)(F)F. The lowest BCUT2D eigenvalue weighted by Crippen LogP contribution is -2.42. The van der Waals surface area contributed by atoms with Crippen LogP contribution in [0.15, 0.2) is 10.6 Å². The lowest BCUT2D eigenvalue weighted by atomic mass is 10.1. The first-order valence-electron chi connectivity index (χ1n) is 7.39. The molecule has 2 heterocycles. The first-order chi connectivity index (χ1) is 11.1. The Morgan fingerprint density at radius 3 is 2.33 bits per heavy atom. The molecule has 136 valence electrons. The molecule has 1 aliphatic rings. The number of amides is 1. The molecule has 10 heteroatoms. The van der Waals surface area contributed by atoms with Gasteiger partial charge in [-0.3, -0.25) is 4.79 Å². The Labute approximate surface area is 136 Å². The van der Waals surface area contributed by atoms with E-state index in [2.05, 4.69) is 15.8 Å². The van der Waals surface area contributed by atoms with Gasteiger partial charge in [-0.25, -0.2) is 4.79 Å². The highest BCUT2D eigenvalue weighted by molar-refractivity contribution is 5.92. The number of aromatic nitrogens is 1. The number of hydrogen-bond acceptors (Lipinski definition) is 5. The minimum absolute atomic E-state index is 0.132. The van der Waals surface area contributed by atoms with Crippen LogP contribution in [0.1, 0.15) is 48.9 Å². The molecule has 1 amide bonds. The van der Waals surface area contributed by atoms with Crippen LogP contribution in [-0.4, -0.2) is 47.4 Å². The third-order valence-corrected chi connectivity index (χ3v) is 3.25. The summed E-state index contributed by atoms with van der Waals surface area (Å²) in [5.74, 6) is -1.89. The van der Waals surface area contributed by atoms with Gasteiger partial charge in [0.1, 0.15) is 5.76 Å². The number of carboxylic acid groups (broad SMARTS) is 1. The van der Waals surface area contributed by atoms with Gasteiger partial charge in [0.25, 0.3) is 5.91 Å². The van der Waals surface area contributed by atoms with Crippen LogP contribution >= 0.6 is 0 Å². The first-order valence-corrected chi connectivity index (χ1v) is 7.39. The molecule has 3 N–H and O–H groups in total. The van der Waals surface area contributed by atoms with Gasteiger partial charge in [0.15, 0.2) is 5.69 Å². The quantitative estimate of drug-likeness (QED) is 0.768. The summed E-state index contributed by atoms with van der Waals surface area (Å²) in [5.41, 5.74) is 0.382. The number of rotatable bonds is 3. The maximum Gasteiger partial charge on any atom is 0.490 e. The molecule has 0 aromatic carbocycles. The van der Waals surface area contributed by atoms with E-state index in [4.69, 9.17) is 14.4 Å².